The van der Waals surface area contributed by atoms with Gasteiger partial charge in [0.05, 0.1) is 0 Å². The van der Waals surface area contributed by atoms with Crippen molar-refractivity contribution in [3.63, 3.8) is 0 Å². The van der Waals surface area contributed by atoms with Crippen molar-refractivity contribution in [2.45, 2.75) is 38.3 Å². The van der Waals surface area contributed by atoms with Gasteiger partial charge in [-0.05, 0) is 26.2 Å². The Morgan fingerprint density at radius 3 is 2.57 bits per heavy atom. The van der Waals surface area contributed by atoms with Crippen molar-refractivity contribution in [3.8, 4) is 0 Å². The zero-order chi connectivity index (χ0) is 14.8. The lowest BCUT2D eigenvalue weighted by atomic mass is 9.96. The zero-order valence-corrected chi connectivity index (χ0v) is 13.6. The predicted molar refractivity (Wildman–Crippen MR) is 84.3 cm³/mol. The number of rotatable bonds is 3. The molecule has 5 nitrogen and oxygen atoms in total. The van der Waals surface area contributed by atoms with Gasteiger partial charge in [-0.25, -0.2) is 0 Å². The van der Waals surface area contributed by atoms with Gasteiger partial charge in [0.2, 0.25) is 11.8 Å². The summed E-state index contributed by atoms with van der Waals surface area (Å²) in [5.74, 6) is 2.68. The van der Waals surface area contributed by atoms with Gasteiger partial charge in [0.15, 0.2) is 0 Å². The van der Waals surface area contributed by atoms with E-state index in [2.05, 4.69) is 4.90 Å². The molecule has 3 aliphatic heterocycles. The molecule has 118 valence electrons. The molecule has 2 unspecified atom stereocenters. The highest BCUT2D eigenvalue weighted by atomic mass is 32.2. The van der Waals surface area contributed by atoms with Crippen molar-refractivity contribution in [3.05, 3.63) is 0 Å². The van der Waals surface area contributed by atoms with Crippen LogP contribution in [0, 0.1) is 0 Å². The summed E-state index contributed by atoms with van der Waals surface area (Å²) in [6.07, 6.45) is 2.94. The van der Waals surface area contributed by atoms with Crippen LogP contribution in [0.4, 0.5) is 0 Å². The van der Waals surface area contributed by atoms with Crippen molar-refractivity contribution >= 4 is 23.6 Å². The molecule has 0 saturated carbocycles. The van der Waals surface area contributed by atoms with Crippen LogP contribution in [-0.2, 0) is 9.59 Å². The van der Waals surface area contributed by atoms with Gasteiger partial charge in [0.25, 0.3) is 0 Å². The van der Waals surface area contributed by atoms with Gasteiger partial charge in [0, 0.05) is 44.2 Å². The maximum absolute atomic E-state index is 12.7. The molecular formula is C15H25N3O2S. The van der Waals surface area contributed by atoms with Crippen LogP contribution in [0.1, 0.15) is 26.2 Å². The molecule has 0 radical (unpaired) electrons. The van der Waals surface area contributed by atoms with E-state index in [9.17, 15) is 9.59 Å². The van der Waals surface area contributed by atoms with Crippen LogP contribution in [0.15, 0.2) is 0 Å². The topological polar surface area (TPSA) is 43.9 Å². The Hall–Kier alpha value is -0.750. The Kier molecular flexibility index (Phi) is 4.74. The molecule has 2 atom stereocenters. The molecule has 6 heteroatoms. The second kappa shape index (κ2) is 6.57. The Bertz CT molecular complexity index is 412. The van der Waals surface area contributed by atoms with Crippen LogP contribution in [0.3, 0.4) is 0 Å². The maximum Gasteiger partial charge on any atom is 0.246 e. The minimum absolute atomic E-state index is 0.147. The van der Waals surface area contributed by atoms with E-state index in [0.717, 1.165) is 45.4 Å². The molecular weight excluding hydrogens is 286 g/mol. The number of fused-ring (bicyclic) bond motifs is 1. The molecule has 2 amide bonds. The number of carbonyl (C=O) groups is 2. The van der Waals surface area contributed by atoms with Crippen LogP contribution < -0.4 is 0 Å². The summed E-state index contributed by atoms with van der Waals surface area (Å²) in [5.41, 5.74) is 0. The molecule has 3 saturated heterocycles. The fraction of sp³-hybridized carbons (Fsp3) is 0.867. The number of piperazine rings is 1. The second-order valence-corrected chi connectivity index (χ2v) is 7.43. The van der Waals surface area contributed by atoms with Crippen LogP contribution in [0.25, 0.3) is 0 Å². The van der Waals surface area contributed by atoms with E-state index in [1.807, 2.05) is 28.5 Å². The first-order chi connectivity index (χ1) is 10.2. The third-order valence-electron chi connectivity index (χ3n) is 4.94. The third kappa shape index (κ3) is 3.06. The molecule has 0 aromatic rings. The average molecular weight is 311 g/mol. The zero-order valence-electron chi connectivity index (χ0n) is 12.8. The van der Waals surface area contributed by atoms with Crippen molar-refractivity contribution in [1.29, 1.82) is 0 Å². The molecule has 0 aromatic carbocycles. The number of piperidine rings is 1. The molecule has 21 heavy (non-hydrogen) atoms. The highest BCUT2D eigenvalue weighted by Crippen LogP contribution is 2.26. The minimum atomic E-state index is -0.286. The fourth-order valence-corrected chi connectivity index (χ4v) is 4.56. The molecule has 3 rings (SSSR count). The molecule has 0 aliphatic carbocycles. The van der Waals surface area contributed by atoms with Crippen molar-refractivity contribution in [2.75, 3.05) is 44.2 Å². The lowest BCUT2D eigenvalue weighted by Gasteiger charge is -2.46. The number of nitrogens with zero attached hydrogens (tertiary/aromatic N) is 3. The van der Waals surface area contributed by atoms with Gasteiger partial charge in [-0.1, -0.05) is 0 Å². The first kappa shape index (κ1) is 15.2. The van der Waals surface area contributed by atoms with Gasteiger partial charge < -0.3 is 9.80 Å². The van der Waals surface area contributed by atoms with Crippen molar-refractivity contribution in [2.24, 2.45) is 0 Å². The van der Waals surface area contributed by atoms with E-state index >= 15 is 0 Å². The highest BCUT2D eigenvalue weighted by molar-refractivity contribution is 7.99. The van der Waals surface area contributed by atoms with Gasteiger partial charge in [-0.2, -0.15) is 11.8 Å². The summed E-state index contributed by atoms with van der Waals surface area (Å²) in [6, 6.07) is -0.467. The largest absolute Gasteiger partial charge is 0.329 e. The average Bonchev–Trinajstić information content (AvgIpc) is 2.54. The maximum atomic E-state index is 12.7. The first-order valence-corrected chi connectivity index (χ1v) is 9.25. The lowest BCUT2D eigenvalue weighted by molar-refractivity contribution is -0.163. The summed E-state index contributed by atoms with van der Waals surface area (Å²) >= 11 is 1.99. The van der Waals surface area contributed by atoms with E-state index in [1.165, 1.54) is 11.5 Å². The number of amides is 2. The fourth-order valence-electron chi connectivity index (χ4n) is 3.59. The van der Waals surface area contributed by atoms with Gasteiger partial charge in [0.1, 0.15) is 12.1 Å². The van der Waals surface area contributed by atoms with E-state index in [1.54, 1.807) is 0 Å². The van der Waals surface area contributed by atoms with Crippen molar-refractivity contribution in [1.82, 2.24) is 14.7 Å². The number of carbonyl (C=O) groups excluding carboxylic acids is 2. The first-order valence-electron chi connectivity index (χ1n) is 8.09. The highest BCUT2D eigenvalue weighted by Gasteiger charge is 2.44. The normalized spacial score (nSPS) is 31.5. The molecule has 0 spiro atoms. The Balaban J connectivity index is 1.63. The summed E-state index contributed by atoms with van der Waals surface area (Å²) in [6.45, 7) is 6.44. The lowest BCUT2D eigenvalue weighted by Crippen LogP contribution is -2.65. The molecule has 3 fully saturated rings. The summed E-state index contributed by atoms with van der Waals surface area (Å²) in [4.78, 5) is 31.2. The van der Waals surface area contributed by atoms with E-state index in [0.29, 0.717) is 6.54 Å². The standard InChI is InChI=1S/C15H25N3O2S/c1-12-14(19)18-5-3-2-4-13(18)15(20)17(12)7-6-16-8-10-21-11-9-16/h12-13H,2-11H2,1H3. The quantitative estimate of drug-likeness (QED) is 0.767. The van der Waals surface area contributed by atoms with Crippen LogP contribution in [0.2, 0.25) is 0 Å². The van der Waals surface area contributed by atoms with Gasteiger partial charge in [-0.3, -0.25) is 14.5 Å². The Morgan fingerprint density at radius 2 is 1.81 bits per heavy atom. The monoisotopic (exact) mass is 311 g/mol. The second-order valence-electron chi connectivity index (χ2n) is 6.20. The van der Waals surface area contributed by atoms with Crippen LogP contribution in [-0.4, -0.2) is 82.8 Å². The Labute approximate surface area is 131 Å². The van der Waals surface area contributed by atoms with E-state index in [4.69, 9.17) is 0 Å². The SMILES string of the molecule is CC1C(=O)N2CCCCC2C(=O)N1CCN1CCSCC1. The van der Waals surface area contributed by atoms with Crippen LogP contribution in [0.5, 0.6) is 0 Å². The Morgan fingerprint density at radius 1 is 1.05 bits per heavy atom. The molecule has 3 heterocycles. The van der Waals surface area contributed by atoms with E-state index in [-0.39, 0.29) is 23.9 Å². The number of hydrogen-bond acceptors (Lipinski definition) is 4. The van der Waals surface area contributed by atoms with Crippen LogP contribution >= 0.6 is 11.8 Å². The number of hydrogen-bond donors (Lipinski definition) is 0. The predicted octanol–water partition coefficient (Wildman–Crippen LogP) is 0.647. The van der Waals surface area contributed by atoms with Gasteiger partial charge in [-0.15, -0.1) is 0 Å². The summed E-state index contributed by atoms with van der Waals surface area (Å²) in [5, 5.41) is 0. The van der Waals surface area contributed by atoms with Crippen molar-refractivity contribution < 1.29 is 9.59 Å². The smallest absolute Gasteiger partial charge is 0.246 e. The summed E-state index contributed by atoms with van der Waals surface area (Å²) < 4.78 is 0. The minimum Gasteiger partial charge on any atom is -0.329 e. The summed E-state index contributed by atoms with van der Waals surface area (Å²) in [7, 11) is 0. The molecule has 0 N–H and O–H groups in total. The molecule has 0 bridgehead atoms. The third-order valence-corrected chi connectivity index (χ3v) is 5.88. The van der Waals surface area contributed by atoms with E-state index < -0.39 is 0 Å². The number of thioether (sulfide) groups is 1. The van der Waals surface area contributed by atoms with Gasteiger partial charge >= 0.3 is 0 Å². The molecule has 3 aliphatic rings. The molecule has 0 aromatic heterocycles.